The lowest BCUT2D eigenvalue weighted by molar-refractivity contribution is -0.384. The van der Waals surface area contributed by atoms with Crippen LogP contribution in [0.5, 0.6) is 11.5 Å². The molecule has 0 saturated carbocycles. The number of nitrogens with one attached hydrogen (secondary N) is 1. The van der Waals surface area contributed by atoms with Gasteiger partial charge >= 0.3 is 0 Å². The Kier molecular flexibility index (Phi) is 6.91. The molecule has 3 aliphatic heterocycles. The van der Waals surface area contributed by atoms with E-state index in [2.05, 4.69) is 5.32 Å². The first-order valence-corrected chi connectivity index (χ1v) is 13.6. The Hall–Kier alpha value is -4.71. The van der Waals surface area contributed by atoms with E-state index in [0.29, 0.717) is 40.5 Å². The lowest BCUT2D eigenvalue weighted by Crippen LogP contribution is -2.41. The van der Waals surface area contributed by atoms with E-state index in [-0.39, 0.29) is 37.1 Å². The summed E-state index contributed by atoms with van der Waals surface area (Å²) < 4.78 is 10.7. The molecule has 3 aliphatic rings. The second-order valence-corrected chi connectivity index (χ2v) is 10.2. The van der Waals surface area contributed by atoms with Crippen LogP contribution in [0.1, 0.15) is 29.5 Å². The van der Waals surface area contributed by atoms with E-state index in [0.717, 1.165) is 16.7 Å². The minimum atomic E-state index is -0.721. The molecule has 40 heavy (non-hydrogen) atoms. The van der Waals surface area contributed by atoms with Crippen molar-refractivity contribution in [3.05, 3.63) is 93.5 Å². The number of amides is 2. The van der Waals surface area contributed by atoms with E-state index in [9.17, 15) is 19.7 Å². The van der Waals surface area contributed by atoms with Gasteiger partial charge in [-0.2, -0.15) is 0 Å². The summed E-state index contributed by atoms with van der Waals surface area (Å²) in [6, 6.07) is 18.6. The molecule has 6 rings (SSSR count). The molecule has 0 fully saturated rings. The van der Waals surface area contributed by atoms with Crippen molar-refractivity contribution < 1.29 is 24.0 Å². The molecule has 0 aromatic heterocycles. The zero-order valence-electron chi connectivity index (χ0n) is 21.1. The number of aliphatic imine (C=N–C) groups is 2. The second kappa shape index (κ2) is 10.8. The molecule has 3 aromatic rings. The summed E-state index contributed by atoms with van der Waals surface area (Å²) in [5, 5.41) is 14.5. The molecule has 11 nitrogen and oxygen atoms in total. The highest BCUT2D eigenvalue weighted by atomic mass is 32.2. The number of nitrogens with zero attached hydrogens (tertiary/aromatic N) is 4. The van der Waals surface area contributed by atoms with Gasteiger partial charge in [-0.3, -0.25) is 24.7 Å². The van der Waals surface area contributed by atoms with Crippen molar-refractivity contribution in [2.75, 3.05) is 6.79 Å². The molecule has 1 atom stereocenters. The van der Waals surface area contributed by atoms with Gasteiger partial charge in [0.25, 0.3) is 11.6 Å². The van der Waals surface area contributed by atoms with Gasteiger partial charge in [0.15, 0.2) is 16.7 Å². The van der Waals surface area contributed by atoms with Gasteiger partial charge in [-0.1, -0.05) is 42.1 Å². The summed E-state index contributed by atoms with van der Waals surface area (Å²) in [7, 11) is 0. The number of thioether (sulfide) groups is 1. The number of para-hydroxylation sites is 1. The smallest absolute Gasteiger partial charge is 0.269 e. The Balaban J connectivity index is 1.12. The van der Waals surface area contributed by atoms with Crippen molar-refractivity contribution >= 4 is 46.0 Å². The Morgan fingerprint density at radius 2 is 1.93 bits per heavy atom. The average Bonchev–Trinajstić information content (AvgIpc) is 3.58. The largest absolute Gasteiger partial charge is 0.454 e. The van der Waals surface area contributed by atoms with Crippen LogP contribution < -0.4 is 14.8 Å². The molecule has 0 radical (unpaired) electrons. The lowest BCUT2D eigenvalue weighted by atomic mass is 10.1. The van der Waals surface area contributed by atoms with Crippen LogP contribution in [-0.2, 0) is 21.9 Å². The molecule has 1 N–H and O–H groups in total. The minimum absolute atomic E-state index is 0.00499. The monoisotopic (exact) mass is 557 g/mol. The summed E-state index contributed by atoms with van der Waals surface area (Å²) in [5.74, 6) is 1.77. The molecule has 0 unspecified atom stereocenters. The number of benzene rings is 3. The fourth-order valence-corrected chi connectivity index (χ4v) is 5.55. The lowest BCUT2D eigenvalue weighted by Gasteiger charge is -2.25. The fourth-order valence-electron chi connectivity index (χ4n) is 4.60. The maximum absolute atomic E-state index is 13.5. The first-order chi connectivity index (χ1) is 19.5. The molecule has 3 aromatic carbocycles. The average molecular weight is 558 g/mol. The maximum Gasteiger partial charge on any atom is 0.269 e. The fraction of sp³-hybridized carbons (Fsp3) is 0.214. The number of hydrogen-bond donors (Lipinski definition) is 1. The number of fused-ring (bicyclic) bond motifs is 4. The number of carbonyl (C=O) groups is 2. The second-order valence-electron chi connectivity index (χ2n) is 9.27. The highest BCUT2D eigenvalue weighted by molar-refractivity contribution is 8.13. The van der Waals surface area contributed by atoms with Gasteiger partial charge < -0.3 is 14.8 Å². The van der Waals surface area contributed by atoms with E-state index < -0.39 is 11.0 Å². The van der Waals surface area contributed by atoms with Crippen molar-refractivity contribution in [2.45, 2.75) is 31.2 Å². The number of amidine groups is 2. The summed E-state index contributed by atoms with van der Waals surface area (Å²) in [4.78, 5) is 47.7. The first-order valence-electron chi connectivity index (χ1n) is 12.6. The third-order valence-electron chi connectivity index (χ3n) is 6.61. The zero-order valence-corrected chi connectivity index (χ0v) is 21.9. The van der Waals surface area contributed by atoms with E-state index in [4.69, 9.17) is 19.5 Å². The molecule has 0 saturated heterocycles. The number of rotatable bonds is 8. The third kappa shape index (κ3) is 5.13. The Morgan fingerprint density at radius 3 is 2.80 bits per heavy atom. The normalized spacial score (nSPS) is 16.6. The molecular weight excluding hydrogens is 534 g/mol. The van der Waals surface area contributed by atoms with Gasteiger partial charge in [-0.05, 0) is 41.8 Å². The van der Waals surface area contributed by atoms with Gasteiger partial charge in [0.1, 0.15) is 11.9 Å². The summed E-state index contributed by atoms with van der Waals surface area (Å²) in [6.07, 6.45) is 0.372. The van der Waals surface area contributed by atoms with Crippen LogP contribution in [0.4, 0.5) is 11.4 Å². The number of ether oxygens (including phenoxy) is 2. The van der Waals surface area contributed by atoms with Crippen molar-refractivity contribution in [1.82, 2.24) is 10.2 Å². The predicted molar refractivity (Wildman–Crippen MR) is 149 cm³/mol. The number of nitro benzene ring substituents is 1. The van der Waals surface area contributed by atoms with Gasteiger partial charge in [0.2, 0.25) is 12.7 Å². The standard InChI is InChI=1S/C28H23N5O6S/c34-25(29-14-17-8-10-23-24(13-17)39-16-38-23)11-9-22-27(35)32-26(30-22)20-6-1-2-7-21(20)31-28(32)40-15-18-4-3-5-19(12-18)33(36)37/h1-8,10,12-13,22H,9,11,14-16H2,(H,29,34)/t22-/m1/s1. The van der Waals surface area contributed by atoms with Crippen LogP contribution in [0.2, 0.25) is 0 Å². The maximum atomic E-state index is 13.5. The van der Waals surface area contributed by atoms with Crippen molar-refractivity contribution in [3.8, 4) is 11.5 Å². The Morgan fingerprint density at radius 1 is 1.07 bits per heavy atom. The molecule has 0 bridgehead atoms. The van der Waals surface area contributed by atoms with Crippen molar-refractivity contribution in [3.63, 3.8) is 0 Å². The highest BCUT2D eigenvalue weighted by Crippen LogP contribution is 2.35. The molecule has 3 heterocycles. The number of hydrogen-bond acceptors (Lipinski definition) is 9. The molecular formula is C28H23N5O6S. The molecule has 0 spiro atoms. The molecule has 12 heteroatoms. The van der Waals surface area contributed by atoms with Crippen LogP contribution >= 0.6 is 11.8 Å². The van der Waals surface area contributed by atoms with Crippen LogP contribution in [0.25, 0.3) is 0 Å². The molecule has 2 amide bonds. The molecule has 0 aliphatic carbocycles. The van der Waals surface area contributed by atoms with Crippen LogP contribution in [0.15, 0.2) is 76.7 Å². The van der Waals surface area contributed by atoms with Crippen LogP contribution in [-0.4, -0.2) is 45.5 Å². The van der Waals surface area contributed by atoms with Gasteiger partial charge in [0.05, 0.1) is 10.6 Å². The van der Waals surface area contributed by atoms with E-state index in [1.807, 2.05) is 36.4 Å². The summed E-state index contributed by atoms with van der Waals surface area (Å²) in [5.41, 5.74) is 3.05. The molecule has 202 valence electrons. The highest BCUT2D eigenvalue weighted by Gasteiger charge is 2.41. The predicted octanol–water partition coefficient (Wildman–Crippen LogP) is 4.31. The number of non-ortho nitro benzene ring substituents is 1. The van der Waals surface area contributed by atoms with E-state index >= 15 is 0 Å². The summed E-state index contributed by atoms with van der Waals surface area (Å²) in [6.45, 7) is 0.511. The van der Waals surface area contributed by atoms with E-state index in [1.165, 1.54) is 28.8 Å². The quantitative estimate of drug-likeness (QED) is 0.322. The third-order valence-corrected chi connectivity index (χ3v) is 7.62. The van der Waals surface area contributed by atoms with E-state index in [1.54, 1.807) is 18.2 Å². The zero-order chi connectivity index (χ0) is 27.6. The SMILES string of the molecule is O=C(CC[C@H]1N=C2c3ccccc3N=C(SCc3cccc([N+](=O)[O-])c3)N2C1=O)NCc1ccc2c(c1)OCO2. The number of nitro groups is 1. The van der Waals surface area contributed by atoms with Crippen LogP contribution in [0, 0.1) is 10.1 Å². The van der Waals surface area contributed by atoms with Gasteiger partial charge in [-0.15, -0.1) is 0 Å². The van der Waals surface area contributed by atoms with Gasteiger partial charge in [0, 0.05) is 36.4 Å². The Labute approximate surface area is 233 Å². The van der Waals surface area contributed by atoms with Gasteiger partial charge in [-0.25, -0.2) is 9.89 Å². The number of carbonyl (C=O) groups excluding carboxylic acids is 2. The first kappa shape index (κ1) is 25.6. The van der Waals surface area contributed by atoms with Crippen molar-refractivity contribution in [2.24, 2.45) is 9.98 Å². The van der Waals surface area contributed by atoms with Crippen molar-refractivity contribution in [1.29, 1.82) is 0 Å². The van der Waals surface area contributed by atoms with Crippen LogP contribution in [0.3, 0.4) is 0 Å². The summed E-state index contributed by atoms with van der Waals surface area (Å²) >= 11 is 1.31. The minimum Gasteiger partial charge on any atom is -0.454 e. The Bertz CT molecular complexity index is 1590. The topological polar surface area (TPSA) is 136 Å².